The topological polar surface area (TPSA) is 63.8 Å². The van der Waals surface area contributed by atoms with E-state index in [1.165, 1.54) is 0 Å². The summed E-state index contributed by atoms with van der Waals surface area (Å²) in [4.78, 5) is 8.64. The first-order chi connectivity index (χ1) is 8.04. The average Bonchev–Trinajstić information content (AvgIpc) is 2.22. The summed E-state index contributed by atoms with van der Waals surface area (Å²) < 4.78 is 0. The second-order valence-corrected chi connectivity index (χ2v) is 4.17. The molecule has 0 saturated heterocycles. The standard InChI is InChI=1S/C13H16N4/c1-8-4-5-11(7-12(8)14)17-13-15-9(2)6-10(3)16-13/h4-7H,14H2,1-3H3,(H,15,16,17). The lowest BCUT2D eigenvalue weighted by Crippen LogP contribution is -2.00. The van der Waals surface area contributed by atoms with E-state index in [2.05, 4.69) is 15.3 Å². The molecule has 0 amide bonds. The van der Waals surface area contributed by atoms with E-state index in [0.717, 1.165) is 28.3 Å². The fourth-order valence-corrected chi connectivity index (χ4v) is 1.63. The van der Waals surface area contributed by atoms with Gasteiger partial charge in [0.15, 0.2) is 0 Å². The van der Waals surface area contributed by atoms with Crippen molar-refractivity contribution in [1.82, 2.24) is 9.97 Å². The van der Waals surface area contributed by atoms with Gasteiger partial charge in [0, 0.05) is 22.8 Å². The summed E-state index contributed by atoms with van der Waals surface area (Å²) in [5, 5.41) is 3.15. The Bertz CT molecular complexity index is 529. The maximum Gasteiger partial charge on any atom is 0.227 e. The number of benzene rings is 1. The second kappa shape index (κ2) is 4.41. The highest BCUT2D eigenvalue weighted by molar-refractivity contribution is 5.62. The van der Waals surface area contributed by atoms with Gasteiger partial charge in [0.25, 0.3) is 0 Å². The predicted octanol–water partition coefficient (Wildman–Crippen LogP) is 2.73. The zero-order chi connectivity index (χ0) is 12.4. The van der Waals surface area contributed by atoms with E-state index in [1.54, 1.807) is 0 Å². The molecule has 0 aliphatic heterocycles. The monoisotopic (exact) mass is 228 g/mol. The molecule has 0 aliphatic carbocycles. The van der Waals surface area contributed by atoms with Crippen molar-refractivity contribution in [2.24, 2.45) is 0 Å². The zero-order valence-corrected chi connectivity index (χ0v) is 10.3. The van der Waals surface area contributed by atoms with E-state index in [0.29, 0.717) is 5.95 Å². The van der Waals surface area contributed by atoms with Gasteiger partial charge in [0.1, 0.15) is 0 Å². The lowest BCUT2D eigenvalue weighted by Gasteiger charge is -2.08. The summed E-state index contributed by atoms with van der Waals surface area (Å²) in [6, 6.07) is 7.76. The Kier molecular flexibility index (Phi) is 2.95. The molecule has 0 spiro atoms. The van der Waals surface area contributed by atoms with E-state index in [4.69, 9.17) is 5.73 Å². The Hall–Kier alpha value is -2.10. The van der Waals surface area contributed by atoms with Crippen molar-refractivity contribution >= 4 is 17.3 Å². The largest absolute Gasteiger partial charge is 0.398 e. The Balaban J connectivity index is 2.28. The first-order valence-corrected chi connectivity index (χ1v) is 5.50. The van der Waals surface area contributed by atoms with Gasteiger partial charge in [-0.2, -0.15) is 0 Å². The van der Waals surface area contributed by atoms with Crippen LogP contribution in [0.4, 0.5) is 17.3 Å². The number of aromatic nitrogens is 2. The van der Waals surface area contributed by atoms with Gasteiger partial charge in [0.2, 0.25) is 5.95 Å². The number of hydrogen-bond acceptors (Lipinski definition) is 4. The third kappa shape index (κ3) is 2.72. The van der Waals surface area contributed by atoms with Crippen molar-refractivity contribution in [2.45, 2.75) is 20.8 Å². The van der Waals surface area contributed by atoms with Crippen LogP contribution < -0.4 is 11.1 Å². The number of nitrogen functional groups attached to an aromatic ring is 1. The first kappa shape index (κ1) is 11.4. The van der Waals surface area contributed by atoms with Crippen LogP contribution >= 0.6 is 0 Å². The molecular weight excluding hydrogens is 212 g/mol. The van der Waals surface area contributed by atoms with Crippen molar-refractivity contribution in [3.05, 3.63) is 41.2 Å². The summed E-state index contributed by atoms with van der Waals surface area (Å²) in [6.07, 6.45) is 0. The van der Waals surface area contributed by atoms with Crippen LogP contribution in [0.25, 0.3) is 0 Å². The van der Waals surface area contributed by atoms with Gasteiger partial charge in [-0.25, -0.2) is 9.97 Å². The molecule has 0 radical (unpaired) electrons. The van der Waals surface area contributed by atoms with Crippen LogP contribution in [-0.2, 0) is 0 Å². The number of nitrogens with zero attached hydrogens (tertiary/aromatic N) is 2. The average molecular weight is 228 g/mol. The minimum absolute atomic E-state index is 0.603. The lowest BCUT2D eigenvalue weighted by atomic mass is 10.2. The third-order valence-electron chi connectivity index (χ3n) is 2.52. The molecule has 17 heavy (non-hydrogen) atoms. The smallest absolute Gasteiger partial charge is 0.227 e. The molecule has 2 rings (SSSR count). The number of hydrogen-bond donors (Lipinski definition) is 2. The SMILES string of the molecule is Cc1cc(C)nc(Nc2ccc(C)c(N)c2)n1. The van der Waals surface area contributed by atoms with E-state index in [9.17, 15) is 0 Å². The number of rotatable bonds is 2. The number of nitrogens with one attached hydrogen (secondary N) is 1. The summed E-state index contributed by atoms with van der Waals surface area (Å²) in [5.74, 6) is 0.603. The molecule has 3 N–H and O–H groups in total. The Morgan fingerprint density at radius 2 is 1.65 bits per heavy atom. The Labute approximate surface area is 101 Å². The molecule has 88 valence electrons. The van der Waals surface area contributed by atoms with Gasteiger partial charge in [-0.1, -0.05) is 6.07 Å². The number of anilines is 3. The highest BCUT2D eigenvalue weighted by atomic mass is 15.1. The molecule has 0 aliphatic rings. The predicted molar refractivity (Wildman–Crippen MR) is 70.4 cm³/mol. The van der Waals surface area contributed by atoms with Crippen molar-refractivity contribution in [3.8, 4) is 0 Å². The van der Waals surface area contributed by atoms with Crippen molar-refractivity contribution in [3.63, 3.8) is 0 Å². The van der Waals surface area contributed by atoms with Crippen LogP contribution in [-0.4, -0.2) is 9.97 Å². The van der Waals surface area contributed by atoms with E-state index >= 15 is 0 Å². The molecule has 0 bridgehead atoms. The van der Waals surface area contributed by atoms with Crippen LogP contribution in [0, 0.1) is 20.8 Å². The van der Waals surface area contributed by atoms with Crippen LogP contribution in [0.5, 0.6) is 0 Å². The highest BCUT2D eigenvalue weighted by Gasteiger charge is 2.01. The van der Waals surface area contributed by atoms with Crippen molar-refractivity contribution < 1.29 is 0 Å². The minimum atomic E-state index is 0.603. The van der Waals surface area contributed by atoms with Crippen LogP contribution in [0.1, 0.15) is 17.0 Å². The highest BCUT2D eigenvalue weighted by Crippen LogP contribution is 2.19. The van der Waals surface area contributed by atoms with Gasteiger partial charge in [-0.3, -0.25) is 0 Å². The zero-order valence-electron chi connectivity index (χ0n) is 10.3. The van der Waals surface area contributed by atoms with E-state index in [1.807, 2.05) is 45.0 Å². The van der Waals surface area contributed by atoms with Gasteiger partial charge in [-0.15, -0.1) is 0 Å². The van der Waals surface area contributed by atoms with Crippen molar-refractivity contribution in [1.29, 1.82) is 0 Å². The van der Waals surface area contributed by atoms with E-state index in [-0.39, 0.29) is 0 Å². The fourth-order valence-electron chi connectivity index (χ4n) is 1.63. The molecule has 1 aromatic carbocycles. The number of aryl methyl sites for hydroxylation is 3. The van der Waals surface area contributed by atoms with Gasteiger partial charge in [-0.05, 0) is 44.5 Å². The summed E-state index contributed by atoms with van der Waals surface area (Å²) in [7, 11) is 0. The number of nitrogens with two attached hydrogens (primary N) is 1. The summed E-state index contributed by atoms with van der Waals surface area (Å²) in [5.41, 5.74) is 10.5. The van der Waals surface area contributed by atoms with E-state index < -0.39 is 0 Å². The summed E-state index contributed by atoms with van der Waals surface area (Å²) in [6.45, 7) is 5.87. The molecular formula is C13H16N4. The second-order valence-electron chi connectivity index (χ2n) is 4.17. The molecule has 2 aromatic rings. The normalized spacial score (nSPS) is 10.3. The van der Waals surface area contributed by atoms with Crippen molar-refractivity contribution in [2.75, 3.05) is 11.1 Å². The fraction of sp³-hybridized carbons (Fsp3) is 0.231. The molecule has 0 unspecified atom stereocenters. The van der Waals surface area contributed by atoms with Crippen LogP contribution in [0.15, 0.2) is 24.3 Å². The maximum absolute atomic E-state index is 5.85. The minimum Gasteiger partial charge on any atom is -0.398 e. The molecule has 0 fully saturated rings. The Morgan fingerprint density at radius 1 is 1.00 bits per heavy atom. The molecule has 1 heterocycles. The lowest BCUT2D eigenvalue weighted by molar-refractivity contribution is 1.06. The van der Waals surface area contributed by atoms with Gasteiger partial charge >= 0.3 is 0 Å². The van der Waals surface area contributed by atoms with Gasteiger partial charge in [0.05, 0.1) is 0 Å². The van der Waals surface area contributed by atoms with Crippen LogP contribution in [0.3, 0.4) is 0 Å². The molecule has 1 aromatic heterocycles. The Morgan fingerprint density at radius 3 is 2.24 bits per heavy atom. The molecule has 0 atom stereocenters. The third-order valence-corrected chi connectivity index (χ3v) is 2.52. The molecule has 4 heteroatoms. The quantitative estimate of drug-likeness (QED) is 0.776. The van der Waals surface area contributed by atoms with Gasteiger partial charge < -0.3 is 11.1 Å². The summed E-state index contributed by atoms with van der Waals surface area (Å²) >= 11 is 0. The first-order valence-electron chi connectivity index (χ1n) is 5.50. The van der Waals surface area contributed by atoms with Crippen LogP contribution in [0.2, 0.25) is 0 Å². The molecule has 4 nitrogen and oxygen atoms in total. The maximum atomic E-state index is 5.85. The molecule has 0 saturated carbocycles.